The number of nitrogens with zero attached hydrogens (tertiary/aromatic N) is 2. The van der Waals surface area contributed by atoms with Gasteiger partial charge in [0.2, 0.25) is 0 Å². The van der Waals surface area contributed by atoms with Crippen LogP contribution >= 0.6 is 0 Å². The van der Waals surface area contributed by atoms with Gasteiger partial charge in [0.25, 0.3) is 0 Å². The van der Waals surface area contributed by atoms with Gasteiger partial charge in [0.1, 0.15) is 18.0 Å². The lowest BCUT2D eigenvalue weighted by atomic mass is 9.75. The van der Waals surface area contributed by atoms with E-state index in [-0.39, 0.29) is 16.9 Å². The molecule has 3 rings (SSSR count). The van der Waals surface area contributed by atoms with Crippen LogP contribution in [0.25, 0.3) is 10.9 Å². The summed E-state index contributed by atoms with van der Waals surface area (Å²) in [7, 11) is 1.56. The summed E-state index contributed by atoms with van der Waals surface area (Å²) in [6.45, 7) is 10.3. The van der Waals surface area contributed by atoms with Crippen LogP contribution in [-0.4, -0.2) is 36.3 Å². The predicted molar refractivity (Wildman–Crippen MR) is 138 cm³/mol. The number of halogens is 1. The van der Waals surface area contributed by atoms with E-state index in [0.717, 1.165) is 0 Å². The first-order valence-electron chi connectivity index (χ1n) is 11.7. The van der Waals surface area contributed by atoms with Gasteiger partial charge in [-0.25, -0.2) is 14.4 Å². The number of nitrogens with one attached hydrogen (secondary N) is 1. The largest absolute Gasteiger partial charge is 0.493 e. The van der Waals surface area contributed by atoms with Gasteiger partial charge in [0.15, 0.2) is 11.5 Å². The molecule has 36 heavy (non-hydrogen) atoms. The summed E-state index contributed by atoms with van der Waals surface area (Å²) in [5, 5.41) is 3.87. The summed E-state index contributed by atoms with van der Waals surface area (Å²) in [6.07, 6.45) is 7.38. The number of terminal acetylenes is 1. The van der Waals surface area contributed by atoms with E-state index in [1.165, 1.54) is 18.5 Å². The quantitative estimate of drug-likeness (QED) is 0.279. The lowest BCUT2D eigenvalue weighted by molar-refractivity contribution is -0.155. The van der Waals surface area contributed by atoms with E-state index in [2.05, 4.69) is 21.2 Å². The zero-order valence-electron chi connectivity index (χ0n) is 21.6. The molecule has 190 valence electrons. The van der Waals surface area contributed by atoms with Crippen LogP contribution in [0.3, 0.4) is 0 Å². The van der Waals surface area contributed by atoms with Crippen LogP contribution in [0.5, 0.6) is 11.5 Å². The minimum Gasteiger partial charge on any atom is -0.493 e. The Balaban J connectivity index is 1.88. The zero-order chi connectivity index (χ0) is 26.5. The van der Waals surface area contributed by atoms with Gasteiger partial charge in [0.05, 0.1) is 36.8 Å². The van der Waals surface area contributed by atoms with E-state index in [1.54, 1.807) is 32.2 Å². The Kier molecular flexibility index (Phi) is 8.03. The third-order valence-electron chi connectivity index (χ3n) is 5.67. The molecule has 0 aliphatic heterocycles. The van der Waals surface area contributed by atoms with Crippen molar-refractivity contribution in [3.63, 3.8) is 0 Å². The maximum Gasteiger partial charge on any atom is 0.311 e. The monoisotopic (exact) mass is 493 g/mol. The summed E-state index contributed by atoms with van der Waals surface area (Å²) < 4.78 is 30.8. The molecule has 1 heterocycles. The third-order valence-corrected chi connectivity index (χ3v) is 5.67. The van der Waals surface area contributed by atoms with E-state index in [1.807, 2.05) is 27.7 Å². The van der Waals surface area contributed by atoms with E-state index in [9.17, 15) is 9.18 Å². The number of rotatable bonds is 10. The Labute approximate surface area is 211 Å². The molecular weight excluding hydrogens is 461 g/mol. The first-order valence-corrected chi connectivity index (χ1v) is 11.7. The molecule has 0 radical (unpaired) electrons. The molecule has 0 amide bonds. The van der Waals surface area contributed by atoms with Crippen LogP contribution in [0, 0.1) is 29.0 Å². The van der Waals surface area contributed by atoms with Crippen molar-refractivity contribution in [3.8, 4) is 23.8 Å². The number of methoxy groups -OCH3 is 1. The standard InChI is InChI=1S/C28H32FN3O4/c1-8-18-12-19(10-11-21(18)29)32-25-20-13-24(23(34-7)14-22(20)30-17-31-25)36-16-27(3,4)15-28(5,6)26(33)35-9-2/h1,10-14,17H,9,15-16H2,2-7H3,(H,30,31,32). The lowest BCUT2D eigenvalue weighted by Gasteiger charge is -2.33. The minimum atomic E-state index is -0.659. The third kappa shape index (κ3) is 6.22. The van der Waals surface area contributed by atoms with Gasteiger partial charge >= 0.3 is 5.97 Å². The molecule has 0 spiro atoms. The maximum atomic E-state index is 13.8. The predicted octanol–water partition coefficient (Wildman–Crippen LogP) is 5.89. The van der Waals surface area contributed by atoms with Gasteiger partial charge in [-0.3, -0.25) is 4.79 Å². The van der Waals surface area contributed by atoms with Crippen LogP contribution in [0.2, 0.25) is 0 Å². The minimum absolute atomic E-state index is 0.150. The highest BCUT2D eigenvalue weighted by molar-refractivity contribution is 5.93. The summed E-state index contributed by atoms with van der Waals surface area (Å²) >= 11 is 0. The molecule has 0 aliphatic rings. The Morgan fingerprint density at radius 3 is 2.56 bits per heavy atom. The molecule has 0 saturated carbocycles. The van der Waals surface area contributed by atoms with Gasteiger partial charge in [-0.15, -0.1) is 6.42 Å². The molecule has 7 nitrogen and oxygen atoms in total. The van der Waals surface area contributed by atoms with E-state index >= 15 is 0 Å². The first kappa shape index (κ1) is 26.7. The normalized spacial score (nSPS) is 11.6. The number of ether oxygens (including phenoxy) is 3. The van der Waals surface area contributed by atoms with Crippen LogP contribution in [0.1, 0.15) is 46.6 Å². The van der Waals surface area contributed by atoms with Gasteiger partial charge < -0.3 is 19.5 Å². The summed E-state index contributed by atoms with van der Waals surface area (Å²) in [4.78, 5) is 21.1. The van der Waals surface area contributed by atoms with Crippen LogP contribution in [0.4, 0.5) is 15.9 Å². The number of aromatic nitrogens is 2. The number of fused-ring (bicyclic) bond motifs is 1. The molecule has 8 heteroatoms. The topological polar surface area (TPSA) is 82.6 Å². The van der Waals surface area contributed by atoms with Gasteiger partial charge in [-0.2, -0.15) is 0 Å². The summed E-state index contributed by atoms with van der Waals surface area (Å²) in [5.74, 6) is 3.16. The number of anilines is 2. The average Bonchev–Trinajstić information content (AvgIpc) is 2.83. The van der Waals surface area contributed by atoms with Crippen molar-refractivity contribution in [2.24, 2.45) is 10.8 Å². The fraction of sp³-hybridized carbons (Fsp3) is 0.393. The zero-order valence-corrected chi connectivity index (χ0v) is 21.6. The second-order valence-corrected chi connectivity index (χ2v) is 9.94. The Morgan fingerprint density at radius 2 is 1.89 bits per heavy atom. The number of hydrogen-bond acceptors (Lipinski definition) is 7. The van der Waals surface area contributed by atoms with E-state index in [0.29, 0.717) is 53.5 Å². The van der Waals surface area contributed by atoms with Gasteiger partial charge in [-0.05, 0) is 56.9 Å². The molecule has 1 N–H and O–H groups in total. The molecule has 0 saturated heterocycles. The average molecular weight is 494 g/mol. The number of benzene rings is 2. The van der Waals surface area contributed by atoms with Crippen molar-refractivity contribution in [2.45, 2.75) is 41.0 Å². The van der Waals surface area contributed by atoms with Gasteiger partial charge in [0, 0.05) is 17.1 Å². The molecule has 0 atom stereocenters. The number of carbonyl (C=O) groups is 1. The number of carbonyl (C=O) groups excluding carboxylic acids is 1. The smallest absolute Gasteiger partial charge is 0.311 e. The van der Waals surface area contributed by atoms with Crippen molar-refractivity contribution >= 4 is 28.4 Å². The molecule has 3 aromatic rings. The number of hydrogen-bond donors (Lipinski definition) is 1. The number of esters is 1. The van der Waals surface area contributed by atoms with Crippen molar-refractivity contribution in [3.05, 3.63) is 48.0 Å². The fourth-order valence-corrected chi connectivity index (χ4v) is 4.21. The van der Waals surface area contributed by atoms with Crippen molar-refractivity contribution in [2.75, 3.05) is 25.6 Å². The van der Waals surface area contributed by atoms with E-state index in [4.69, 9.17) is 20.6 Å². The Morgan fingerprint density at radius 1 is 1.14 bits per heavy atom. The molecule has 0 fully saturated rings. The Bertz CT molecular complexity index is 1300. The SMILES string of the molecule is C#Cc1cc(Nc2ncnc3cc(OC)c(OCC(C)(C)CC(C)(C)C(=O)OCC)cc23)ccc1F. The molecule has 0 aliphatic carbocycles. The fourth-order valence-electron chi connectivity index (χ4n) is 4.21. The van der Waals surface area contributed by atoms with Crippen LogP contribution in [0.15, 0.2) is 36.7 Å². The Hall–Kier alpha value is -3.86. The molecule has 1 aromatic heterocycles. The highest BCUT2D eigenvalue weighted by Gasteiger charge is 2.36. The van der Waals surface area contributed by atoms with Crippen LogP contribution < -0.4 is 14.8 Å². The van der Waals surface area contributed by atoms with Crippen molar-refractivity contribution in [1.29, 1.82) is 0 Å². The van der Waals surface area contributed by atoms with Crippen molar-refractivity contribution in [1.82, 2.24) is 9.97 Å². The summed E-state index contributed by atoms with van der Waals surface area (Å²) in [5.41, 5.74) is 0.374. The molecule has 0 unspecified atom stereocenters. The highest BCUT2D eigenvalue weighted by Crippen LogP contribution is 2.38. The lowest BCUT2D eigenvalue weighted by Crippen LogP contribution is -2.35. The highest BCUT2D eigenvalue weighted by atomic mass is 19.1. The maximum absolute atomic E-state index is 13.8. The first-order chi connectivity index (χ1) is 17.0. The van der Waals surface area contributed by atoms with Crippen molar-refractivity contribution < 1.29 is 23.4 Å². The molecule has 2 aromatic carbocycles. The summed E-state index contributed by atoms with van der Waals surface area (Å²) in [6, 6.07) is 7.99. The van der Waals surface area contributed by atoms with Gasteiger partial charge in [-0.1, -0.05) is 19.8 Å². The molecule has 0 bridgehead atoms. The van der Waals surface area contributed by atoms with E-state index < -0.39 is 11.2 Å². The molecular formula is C28H32FN3O4. The second kappa shape index (κ2) is 10.8. The van der Waals surface area contributed by atoms with Crippen LogP contribution in [-0.2, 0) is 9.53 Å². The second-order valence-electron chi connectivity index (χ2n) is 9.94.